The highest BCUT2D eigenvalue weighted by Crippen LogP contribution is 2.34. The Balaban J connectivity index is 2.50. The SMILES string of the molecule is CCCNC(=O)[C@@H](CC)N(Cc1ccc(Cl)cc1)C(=O)CN(c1cc(OC)ccc1OC)S(C)(=O)=O. The number of nitrogens with one attached hydrogen (secondary N) is 1. The number of ether oxygens (including phenoxy) is 2. The summed E-state index contributed by atoms with van der Waals surface area (Å²) in [6, 6.07) is 10.8. The van der Waals surface area contributed by atoms with Crippen LogP contribution in [0.3, 0.4) is 0 Å². The monoisotopic (exact) mass is 539 g/mol. The molecule has 0 spiro atoms. The van der Waals surface area contributed by atoms with Gasteiger partial charge in [0.15, 0.2) is 0 Å². The van der Waals surface area contributed by atoms with Gasteiger partial charge in [0, 0.05) is 24.2 Å². The van der Waals surface area contributed by atoms with Crippen LogP contribution in [0.5, 0.6) is 11.5 Å². The number of carbonyl (C=O) groups excluding carboxylic acids is 2. The number of hydrogen-bond donors (Lipinski definition) is 1. The van der Waals surface area contributed by atoms with Gasteiger partial charge in [0.05, 0.1) is 26.2 Å². The minimum Gasteiger partial charge on any atom is -0.497 e. The fourth-order valence-electron chi connectivity index (χ4n) is 3.66. The van der Waals surface area contributed by atoms with Gasteiger partial charge in [-0.2, -0.15) is 0 Å². The first kappa shape index (κ1) is 29.3. The number of halogens is 1. The Morgan fingerprint density at radius 1 is 1.06 bits per heavy atom. The molecule has 0 unspecified atom stereocenters. The van der Waals surface area contributed by atoms with Crippen LogP contribution in [-0.2, 0) is 26.2 Å². The Labute approximate surface area is 218 Å². The zero-order valence-corrected chi connectivity index (χ0v) is 22.9. The van der Waals surface area contributed by atoms with Gasteiger partial charge in [-0.1, -0.05) is 37.6 Å². The van der Waals surface area contributed by atoms with Crippen LogP contribution in [0.4, 0.5) is 5.69 Å². The van der Waals surface area contributed by atoms with E-state index in [0.29, 0.717) is 23.7 Å². The first-order chi connectivity index (χ1) is 17.0. The predicted molar refractivity (Wildman–Crippen MR) is 141 cm³/mol. The van der Waals surface area contributed by atoms with E-state index in [1.54, 1.807) is 43.3 Å². The number of nitrogens with zero attached hydrogens (tertiary/aromatic N) is 2. The summed E-state index contributed by atoms with van der Waals surface area (Å²) in [6.07, 6.45) is 2.09. The standard InChI is InChI=1S/C25H34ClN3O6S/c1-6-14-27-25(31)21(7-2)28(16-18-8-10-19(26)11-9-18)24(30)17-29(36(5,32)33)22-15-20(34-3)12-13-23(22)35-4/h8-13,15,21H,6-7,14,16-17H2,1-5H3,(H,27,31)/t21-/m1/s1. The Morgan fingerprint density at radius 3 is 2.25 bits per heavy atom. The van der Waals surface area contributed by atoms with Gasteiger partial charge in [-0.05, 0) is 42.7 Å². The topological polar surface area (TPSA) is 105 Å². The number of methoxy groups -OCH3 is 2. The molecule has 2 aromatic carbocycles. The van der Waals surface area contributed by atoms with Crippen LogP contribution in [-0.4, -0.2) is 64.7 Å². The summed E-state index contributed by atoms with van der Waals surface area (Å²) in [6.45, 7) is 3.77. The second-order valence-corrected chi connectivity index (χ2v) is 10.5. The van der Waals surface area contributed by atoms with E-state index in [9.17, 15) is 18.0 Å². The smallest absolute Gasteiger partial charge is 0.244 e. The molecule has 0 saturated heterocycles. The molecule has 2 rings (SSSR count). The Hall–Kier alpha value is -2.98. The average Bonchev–Trinajstić information content (AvgIpc) is 2.85. The van der Waals surface area contributed by atoms with Crippen molar-refractivity contribution < 1.29 is 27.5 Å². The zero-order valence-electron chi connectivity index (χ0n) is 21.3. The molecule has 0 radical (unpaired) electrons. The van der Waals surface area contributed by atoms with E-state index in [0.717, 1.165) is 22.5 Å². The minimum atomic E-state index is -3.92. The van der Waals surface area contributed by atoms with Crippen molar-refractivity contribution in [1.29, 1.82) is 0 Å². The fourth-order valence-corrected chi connectivity index (χ4v) is 4.63. The molecule has 0 fully saturated rings. The van der Waals surface area contributed by atoms with Crippen LogP contribution < -0.4 is 19.1 Å². The van der Waals surface area contributed by atoms with E-state index in [2.05, 4.69) is 5.32 Å². The maximum Gasteiger partial charge on any atom is 0.244 e. The van der Waals surface area contributed by atoms with Gasteiger partial charge < -0.3 is 19.7 Å². The lowest BCUT2D eigenvalue weighted by atomic mass is 10.1. The lowest BCUT2D eigenvalue weighted by Gasteiger charge is -2.33. The highest BCUT2D eigenvalue weighted by atomic mass is 35.5. The Morgan fingerprint density at radius 2 is 1.72 bits per heavy atom. The van der Waals surface area contributed by atoms with E-state index in [-0.39, 0.29) is 23.9 Å². The third kappa shape index (κ3) is 7.76. The predicted octanol–water partition coefficient (Wildman–Crippen LogP) is 3.46. The quantitative estimate of drug-likeness (QED) is 0.418. The van der Waals surface area contributed by atoms with Gasteiger partial charge in [0.1, 0.15) is 24.1 Å². The summed E-state index contributed by atoms with van der Waals surface area (Å²) < 4.78 is 37.2. The molecule has 0 bridgehead atoms. The molecule has 0 aliphatic carbocycles. The number of hydrogen-bond acceptors (Lipinski definition) is 6. The molecule has 1 atom stereocenters. The highest BCUT2D eigenvalue weighted by molar-refractivity contribution is 7.92. The van der Waals surface area contributed by atoms with E-state index >= 15 is 0 Å². The van der Waals surface area contributed by atoms with Crippen LogP contribution in [0, 0.1) is 0 Å². The summed E-state index contributed by atoms with van der Waals surface area (Å²) in [5.41, 5.74) is 0.905. The maximum absolute atomic E-state index is 13.7. The molecule has 0 aliphatic heterocycles. The Bertz CT molecular complexity index is 1140. The third-order valence-corrected chi connectivity index (χ3v) is 6.91. The van der Waals surface area contributed by atoms with Crippen LogP contribution in [0.1, 0.15) is 32.3 Å². The molecule has 0 saturated carbocycles. The fraction of sp³-hybridized carbons (Fsp3) is 0.440. The van der Waals surface area contributed by atoms with Crippen molar-refractivity contribution >= 4 is 39.1 Å². The molecule has 9 nitrogen and oxygen atoms in total. The normalized spacial score (nSPS) is 11.9. The summed E-state index contributed by atoms with van der Waals surface area (Å²) >= 11 is 6.01. The average molecular weight is 540 g/mol. The van der Waals surface area contributed by atoms with Gasteiger partial charge in [-0.25, -0.2) is 8.42 Å². The van der Waals surface area contributed by atoms with Crippen molar-refractivity contribution in [2.45, 2.75) is 39.3 Å². The zero-order chi connectivity index (χ0) is 26.9. The molecule has 36 heavy (non-hydrogen) atoms. The van der Waals surface area contributed by atoms with Gasteiger partial charge in [0.25, 0.3) is 0 Å². The molecule has 0 aliphatic rings. The lowest BCUT2D eigenvalue weighted by Crippen LogP contribution is -2.52. The summed E-state index contributed by atoms with van der Waals surface area (Å²) in [7, 11) is -1.05. The van der Waals surface area contributed by atoms with Gasteiger partial charge in [-0.3, -0.25) is 13.9 Å². The molecule has 1 N–H and O–H groups in total. The Kier molecular flexibility index (Phi) is 10.9. The van der Waals surface area contributed by atoms with E-state index < -0.39 is 28.5 Å². The molecular formula is C25H34ClN3O6S. The molecule has 2 aromatic rings. The van der Waals surface area contributed by atoms with Crippen molar-refractivity contribution in [3.63, 3.8) is 0 Å². The molecule has 198 valence electrons. The second-order valence-electron chi connectivity index (χ2n) is 8.17. The van der Waals surface area contributed by atoms with Crippen LogP contribution in [0.15, 0.2) is 42.5 Å². The number of rotatable bonds is 13. The third-order valence-electron chi connectivity index (χ3n) is 5.54. The first-order valence-corrected chi connectivity index (χ1v) is 13.8. The van der Waals surface area contributed by atoms with Gasteiger partial charge in [-0.15, -0.1) is 0 Å². The summed E-state index contributed by atoms with van der Waals surface area (Å²) in [4.78, 5) is 28.1. The first-order valence-electron chi connectivity index (χ1n) is 11.6. The molecule has 2 amide bonds. The van der Waals surface area contributed by atoms with Crippen LogP contribution in [0.2, 0.25) is 5.02 Å². The van der Waals surface area contributed by atoms with Gasteiger partial charge in [0.2, 0.25) is 21.8 Å². The van der Waals surface area contributed by atoms with Crippen LogP contribution in [0.25, 0.3) is 0 Å². The maximum atomic E-state index is 13.7. The number of amides is 2. The largest absolute Gasteiger partial charge is 0.497 e. The van der Waals surface area contributed by atoms with E-state index in [1.165, 1.54) is 25.2 Å². The van der Waals surface area contributed by atoms with Crippen molar-refractivity contribution in [2.75, 3.05) is 37.9 Å². The number of sulfonamides is 1. The highest BCUT2D eigenvalue weighted by Gasteiger charge is 2.32. The molecule has 0 heterocycles. The van der Waals surface area contributed by atoms with Crippen LogP contribution >= 0.6 is 11.6 Å². The van der Waals surface area contributed by atoms with Crippen molar-refractivity contribution in [3.8, 4) is 11.5 Å². The van der Waals surface area contributed by atoms with Crippen molar-refractivity contribution in [1.82, 2.24) is 10.2 Å². The van der Waals surface area contributed by atoms with Crippen molar-refractivity contribution in [2.24, 2.45) is 0 Å². The molecule has 11 heteroatoms. The lowest BCUT2D eigenvalue weighted by molar-refractivity contribution is -0.140. The van der Waals surface area contributed by atoms with E-state index in [1.807, 2.05) is 6.92 Å². The second kappa shape index (κ2) is 13.4. The van der Waals surface area contributed by atoms with Gasteiger partial charge >= 0.3 is 0 Å². The summed E-state index contributed by atoms with van der Waals surface area (Å²) in [5.74, 6) is -0.188. The number of anilines is 1. The van der Waals surface area contributed by atoms with E-state index in [4.69, 9.17) is 21.1 Å². The van der Waals surface area contributed by atoms with Crippen molar-refractivity contribution in [3.05, 3.63) is 53.1 Å². The molecular weight excluding hydrogens is 506 g/mol. The number of carbonyl (C=O) groups is 2. The summed E-state index contributed by atoms with van der Waals surface area (Å²) in [5, 5.41) is 3.38. The molecule has 0 aromatic heterocycles. The number of benzene rings is 2. The minimum absolute atomic E-state index is 0.0981.